The average molecular weight is 298 g/mol. The third-order valence-electron chi connectivity index (χ3n) is 2.85. The van der Waals surface area contributed by atoms with Crippen LogP contribution in [0.1, 0.15) is 16.8 Å². The molecule has 0 spiro atoms. The van der Waals surface area contributed by atoms with Crippen molar-refractivity contribution in [1.29, 1.82) is 0 Å². The number of sulfone groups is 1. The Hall–Kier alpha value is -1.96. The van der Waals surface area contributed by atoms with Crippen molar-refractivity contribution in [3.8, 4) is 0 Å². The molecule has 1 aromatic rings. The van der Waals surface area contributed by atoms with Crippen LogP contribution in [0.2, 0.25) is 0 Å². The van der Waals surface area contributed by atoms with Gasteiger partial charge in [-0.25, -0.2) is 13.2 Å². The maximum Gasteiger partial charge on any atom is 0.338 e. The molecule has 20 heavy (non-hydrogen) atoms. The fraction of sp³-hybridized carbons (Fsp3) is 0.417. The Morgan fingerprint density at radius 2 is 2.05 bits per heavy atom. The fourth-order valence-corrected chi connectivity index (χ4v) is 3.55. The minimum atomic E-state index is -3.04. The summed E-state index contributed by atoms with van der Waals surface area (Å²) >= 11 is 0. The number of hydrogen-bond donors (Lipinski definition) is 1. The summed E-state index contributed by atoms with van der Waals surface area (Å²) in [5.74, 6) is -1.11. The zero-order valence-electron chi connectivity index (χ0n) is 10.6. The Morgan fingerprint density at radius 1 is 1.35 bits per heavy atom. The number of esters is 1. The fourth-order valence-electron chi connectivity index (χ4n) is 1.88. The van der Waals surface area contributed by atoms with Gasteiger partial charge in [-0.15, -0.1) is 0 Å². The molecule has 2 heterocycles. The van der Waals surface area contributed by atoms with E-state index in [0.29, 0.717) is 12.0 Å². The molecule has 108 valence electrons. The van der Waals surface area contributed by atoms with Crippen LogP contribution in [0.3, 0.4) is 0 Å². The Labute approximate surface area is 116 Å². The number of rotatable bonds is 4. The first-order chi connectivity index (χ1) is 9.46. The van der Waals surface area contributed by atoms with Gasteiger partial charge in [-0.1, -0.05) is 0 Å². The summed E-state index contributed by atoms with van der Waals surface area (Å²) in [5, 5.41) is 2.53. The lowest BCUT2D eigenvalue weighted by Crippen LogP contribution is -2.38. The van der Waals surface area contributed by atoms with Crippen molar-refractivity contribution >= 4 is 21.7 Å². The molecule has 0 radical (unpaired) electrons. The van der Waals surface area contributed by atoms with Crippen molar-refractivity contribution in [3.63, 3.8) is 0 Å². The van der Waals surface area contributed by atoms with E-state index >= 15 is 0 Å². The smallest absolute Gasteiger partial charge is 0.338 e. The van der Waals surface area contributed by atoms with E-state index in [1.165, 1.54) is 24.5 Å². The lowest BCUT2D eigenvalue weighted by atomic mass is 10.2. The van der Waals surface area contributed by atoms with Crippen LogP contribution in [0.25, 0.3) is 0 Å². The number of nitrogens with one attached hydrogen (secondary N) is 1. The molecule has 1 atom stereocenters. The first kappa shape index (κ1) is 14.4. The highest BCUT2D eigenvalue weighted by Crippen LogP contribution is 2.11. The number of carbonyl (C=O) groups is 2. The quantitative estimate of drug-likeness (QED) is 0.755. The number of hydrogen-bond acceptors (Lipinski definition) is 6. The van der Waals surface area contributed by atoms with E-state index in [0.717, 1.165) is 0 Å². The molecule has 0 unspecified atom stereocenters. The van der Waals surface area contributed by atoms with E-state index in [9.17, 15) is 18.0 Å². The lowest BCUT2D eigenvalue weighted by Gasteiger charge is -2.10. The van der Waals surface area contributed by atoms with E-state index in [4.69, 9.17) is 4.74 Å². The van der Waals surface area contributed by atoms with E-state index in [-0.39, 0.29) is 11.5 Å². The molecule has 2 rings (SSSR count). The van der Waals surface area contributed by atoms with Crippen molar-refractivity contribution in [1.82, 2.24) is 10.3 Å². The zero-order valence-corrected chi connectivity index (χ0v) is 11.4. The van der Waals surface area contributed by atoms with Crippen LogP contribution in [0.4, 0.5) is 0 Å². The van der Waals surface area contributed by atoms with Gasteiger partial charge in [-0.3, -0.25) is 9.78 Å². The Kier molecular flexibility index (Phi) is 4.33. The maximum atomic E-state index is 11.6. The highest BCUT2D eigenvalue weighted by molar-refractivity contribution is 7.91. The minimum Gasteiger partial charge on any atom is -0.452 e. The first-order valence-corrected chi connectivity index (χ1v) is 7.85. The van der Waals surface area contributed by atoms with Crippen LogP contribution in [0, 0.1) is 0 Å². The van der Waals surface area contributed by atoms with Crippen molar-refractivity contribution in [2.75, 3.05) is 18.1 Å². The van der Waals surface area contributed by atoms with E-state index in [1.54, 1.807) is 0 Å². The summed E-state index contributed by atoms with van der Waals surface area (Å²) in [6, 6.07) is 2.56. The standard InChI is InChI=1S/C12H14N2O5S/c15-11(14-10-3-6-20(17,18)8-10)7-19-12(16)9-1-4-13-5-2-9/h1-2,4-5,10H,3,6-8H2,(H,14,15)/t10-/m0/s1. The molecule has 1 aliphatic rings. The summed E-state index contributed by atoms with van der Waals surface area (Å²) in [6.45, 7) is -0.433. The molecule has 1 amide bonds. The number of aromatic nitrogens is 1. The molecule has 0 bridgehead atoms. The summed E-state index contributed by atoms with van der Waals surface area (Å²) in [6.07, 6.45) is 3.28. The summed E-state index contributed by atoms with van der Waals surface area (Å²) < 4.78 is 27.3. The molecule has 7 nitrogen and oxygen atoms in total. The predicted molar refractivity (Wildman–Crippen MR) is 69.7 cm³/mol. The second kappa shape index (κ2) is 6.00. The molecule has 0 saturated carbocycles. The van der Waals surface area contributed by atoms with Crippen molar-refractivity contribution in [2.45, 2.75) is 12.5 Å². The third kappa shape index (κ3) is 4.02. The van der Waals surface area contributed by atoms with Gasteiger partial charge in [0.2, 0.25) is 0 Å². The molecule has 0 aromatic carbocycles. The van der Waals surface area contributed by atoms with Gasteiger partial charge in [0.05, 0.1) is 17.1 Å². The minimum absolute atomic E-state index is 0.0585. The van der Waals surface area contributed by atoms with E-state index < -0.39 is 34.4 Å². The van der Waals surface area contributed by atoms with Crippen LogP contribution in [0.15, 0.2) is 24.5 Å². The molecule has 8 heteroatoms. The molecule has 1 aliphatic heterocycles. The maximum absolute atomic E-state index is 11.6. The van der Waals surface area contributed by atoms with Crippen molar-refractivity contribution in [2.24, 2.45) is 0 Å². The van der Waals surface area contributed by atoms with E-state index in [1.807, 2.05) is 0 Å². The number of carbonyl (C=O) groups excluding carboxylic acids is 2. The van der Waals surface area contributed by atoms with Gasteiger partial charge in [0, 0.05) is 18.4 Å². The predicted octanol–water partition coefficient (Wildman–Crippen LogP) is -0.458. The van der Waals surface area contributed by atoms with Gasteiger partial charge in [-0.05, 0) is 18.6 Å². The SMILES string of the molecule is O=C(COC(=O)c1ccncc1)N[C@H]1CCS(=O)(=O)C1. The lowest BCUT2D eigenvalue weighted by molar-refractivity contribution is -0.124. The van der Waals surface area contributed by atoms with Crippen LogP contribution in [0.5, 0.6) is 0 Å². The van der Waals surface area contributed by atoms with Gasteiger partial charge in [0.1, 0.15) is 0 Å². The van der Waals surface area contributed by atoms with Crippen molar-refractivity contribution in [3.05, 3.63) is 30.1 Å². The van der Waals surface area contributed by atoms with Gasteiger partial charge in [0.25, 0.3) is 5.91 Å². The first-order valence-electron chi connectivity index (χ1n) is 6.03. The van der Waals surface area contributed by atoms with Crippen LogP contribution >= 0.6 is 0 Å². The number of nitrogens with zero attached hydrogens (tertiary/aromatic N) is 1. The van der Waals surface area contributed by atoms with Crippen molar-refractivity contribution < 1.29 is 22.7 Å². The molecular weight excluding hydrogens is 284 g/mol. The second-order valence-electron chi connectivity index (χ2n) is 4.48. The Bertz CT molecular complexity index is 600. The Balaban J connectivity index is 1.77. The molecule has 1 aromatic heterocycles. The summed E-state index contributed by atoms with van der Waals surface area (Å²) in [7, 11) is -3.04. The van der Waals surface area contributed by atoms with Crippen LogP contribution in [-0.4, -0.2) is 49.4 Å². The molecule has 1 saturated heterocycles. The normalized spacial score (nSPS) is 20.3. The van der Waals surface area contributed by atoms with Crippen LogP contribution in [-0.2, 0) is 19.4 Å². The molecule has 1 N–H and O–H groups in total. The van der Waals surface area contributed by atoms with Gasteiger partial charge >= 0.3 is 5.97 Å². The summed E-state index contributed by atoms with van der Waals surface area (Å²) in [4.78, 5) is 26.9. The van der Waals surface area contributed by atoms with Crippen LogP contribution < -0.4 is 5.32 Å². The molecule has 0 aliphatic carbocycles. The largest absolute Gasteiger partial charge is 0.452 e. The third-order valence-corrected chi connectivity index (χ3v) is 4.62. The Morgan fingerprint density at radius 3 is 2.65 bits per heavy atom. The van der Waals surface area contributed by atoms with Gasteiger partial charge in [-0.2, -0.15) is 0 Å². The second-order valence-corrected chi connectivity index (χ2v) is 6.71. The molecule has 1 fully saturated rings. The van der Waals surface area contributed by atoms with E-state index in [2.05, 4.69) is 10.3 Å². The van der Waals surface area contributed by atoms with Gasteiger partial charge < -0.3 is 10.1 Å². The number of pyridine rings is 1. The summed E-state index contributed by atoms with van der Waals surface area (Å²) in [5.41, 5.74) is 0.302. The highest BCUT2D eigenvalue weighted by Gasteiger charge is 2.29. The highest BCUT2D eigenvalue weighted by atomic mass is 32.2. The molecular formula is C12H14N2O5S. The van der Waals surface area contributed by atoms with Gasteiger partial charge in [0.15, 0.2) is 16.4 Å². The topological polar surface area (TPSA) is 102 Å². The number of ether oxygens (including phenoxy) is 1. The monoisotopic (exact) mass is 298 g/mol. The number of amides is 1. The average Bonchev–Trinajstić information content (AvgIpc) is 2.76. The zero-order chi connectivity index (χ0) is 14.6.